The Bertz CT molecular complexity index is 3290. The minimum atomic E-state index is -0.182. The summed E-state index contributed by atoms with van der Waals surface area (Å²) in [5, 5.41) is 0. The van der Waals surface area contributed by atoms with Gasteiger partial charge in [-0.25, -0.2) is 0 Å². The average molecular weight is 840 g/mol. The van der Waals surface area contributed by atoms with E-state index in [1.807, 2.05) is 0 Å². The number of nitrogens with zero attached hydrogens (tertiary/aromatic N) is 1. The molecular weight excluding hydrogens is 783 g/mol. The number of allylic oxidation sites excluding steroid dienone is 1. The summed E-state index contributed by atoms with van der Waals surface area (Å²) in [6.45, 7) is 20.7. The lowest BCUT2D eigenvalue weighted by Gasteiger charge is -2.29. The van der Waals surface area contributed by atoms with Gasteiger partial charge in [-0.05, 0) is 169 Å². The molecule has 0 spiro atoms. The van der Waals surface area contributed by atoms with Crippen LogP contribution in [-0.4, -0.2) is 0 Å². The third kappa shape index (κ3) is 6.50. The van der Waals surface area contributed by atoms with E-state index < -0.39 is 0 Å². The van der Waals surface area contributed by atoms with Crippen molar-refractivity contribution in [2.45, 2.75) is 78.6 Å². The molecule has 318 valence electrons. The Hall–Kier alpha value is -6.96. The zero-order valence-electron chi connectivity index (χ0n) is 39.3. The van der Waals surface area contributed by atoms with Crippen LogP contribution in [-0.2, 0) is 16.2 Å². The minimum absolute atomic E-state index is 0.0352. The maximum Gasteiger partial charge on any atom is 0.0466 e. The van der Waals surface area contributed by atoms with Crippen LogP contribution in [0.15, 0.2) is 164 Å². The topological polar surface area (TPSA) is 3.24 Å². The molecule has 0 unspecified atom stereocenters. The van der Waals surface area contributed by atoms with E-state index in [4.69, 9.17) is 0 Å². The van der Waals surface area contributed by atoms with Crippen molar-refractivity contribution in [3.05, 3.63) is 225 Å². The van der Waals surface area contributed by atoms with Crippen LogP contribution in [0.3, 0.4) is 0 Å². The average Bonchev–Trinajstić information content (AvgIpc) is 3.77. The first-order chi connectivity index (χ1) is 31.2. The summed E-state index contributed by atoms with van der Waals surface area (Å²) in [6.07, 6.45) is 8.89. The van der Waals surface area contributed by atoms with Gasteiger partial charge in [0.1, 0.15) is 0 Å². The molecule has 0 heterocycles. The minimum Gasteiger partial charge on any atom is -0.310 e. The van der Waals surface area contributed by atoms with E-state index in [2.05, 4.69) is 249 Å². The molecule has 0 amide bonds. The summed E-state index contributed by atoms with van der Waals surface area (Å²) in [6, 6.07) is 60.1. The zero-order valence-corrected chi connectivity index (χ0v) is 39.3. The van der Waals surface area contributed by atoms with Crippen LogP contribution in [0.25, 0.3) is 62.7 Å². The number of fused-ring (bicyclic) bond motifs is 9. The van der Waals surface area contributed by atoms with E-state index in [0.29, 0.717) is 0 Å². The van der Waals surface area contributed by atoms with Crippen molar-refractivity contribution in [2.75, 3.05) is 4.90 Å². The standard InChI is InChI=1S/C64H57N/c1-10-13-42-18-27-51-52-28-19-43(36-58(52)63(6,7)57(51)35-42)16-17-44-20-29-53-55-31-26-48(39-61(55)64(8,9)59(53)37-44)65(49-33-40(2)32-41(3)34-49)47-24-21-45(22-25-47)46-23-30-54-50-14-11-12-15-56(50)62(4,5)60(54)38-46/h10-39H,1-9H3. The van der Waals surface area contributed by atoms with Gasteiger partial charge in [-0.1, -0.05) is 181 Å². The van der Waals surface area contributed by atoms with Crippen LogP contribution in [0, 0.1) is 13.8 Å². The Morgan fingerprint density at radius 2 is 0.754 bits per heavy atom. The number of hydrogen-bond donors (Lipinski definition) is 0. The van der Waals surface area contributed by atoms with Crippen LogP contribution in [0.5, 0.6) is 0 Å². The van der Waals surface area contributed by atoms with E-state index in [1.165, 1.54) is 117 Å². The van der Waals surface area contributed by atoms with Gasteiger partial charge in [-0.2, -0.15) is 0 Å². The fourth-order valence-corrected chi connectivity index (χ4v) is 11.6. The summed E-state index contributed by atoms with van der Waals surface area (Å²) in [7, 11) is 0. The molecule has 0 N–H and O–H groups in total. The molecule has 11 rings (SSSR count). The lowest BCUT2D eigenvalue weighted by molar-refractivity contribution is 0.660. The molecular formula is C64H57N. The van der Waals surface area contributed by atoms with Gasteiger partial charge in [-0.15, -0.1) is 0 Å². The van der Waals surface area contributed by atoms with Crippen molar-refractivity contribution in [1.82, 2.24) is 0 Å². The van der Waals surface area contributed by atoms with Crippen molar-refractivity contribution < 1.29 is 0 Å². The Morgan fingerprint density at radius 1 is 0.338 bits per heavy atom. The monoisotopic (exact) mass is 839 g/mol. The fraction of sp³-hybridized carbons (Fsp3) is 0.188. The van der Waals surface area contributed by atoms with Gasteiger partial charge in [0.25, 0.3) is 0 Å². The van der Waals surface area contributed by atoms with E-state index >= 15 is 0 Å². The first-order valence-corrected chi connectivity index (χ1v) is 23.4. The molecule has 0 radical (unpaired) electrons. The smallest absolute Gasteiger partial charge is 0.0466 e. The normalized spacial score (nSPS) is 15.4. The Morgan fingerprint density at radius 3 is 1.31 bits per heavy atom. The fourth-order valence-electron chi connectivity index (χ4n) is 11.6. The second-order valence-corrected chi connectivity index (χ2v) is 20.4. The highest BCUT2D eigenvalue weighted by Gasteiger charge is 2.38. The van der Waals surface area contributed by atoms with Crippen molar-refractivity contribution in [1.29, 1.82) is 0 Å². The molecule has 1 heteroatoms. The van der Waals surface area contributed by atoms with Crippen LogP contribution in [0.4, 0.5) is 17.1 Å². The highest BCUT2D eigenvalue weighted by molar-refractivity contribution is 5.89. The third-order valence-electron chi connectivity index (χ3n) is 15.0. The first kappa shape index (κ1) is 40.8. The molecule has 3 aliphatic carbocycles. The van der Waals surface area contributed by atoms with E-state index in [0.717, 1.165) is 5.69 Å². The predicted octanol–water partition coefficient (Wildman–Crippen LogP) is 17.6. The summed E-state index contributed by atoms with van der Waals surface area (Å²) >= 11 is 0. The van der Waals surface area contributed by atoms with E-state index in [1.54, 1.807) is 0 Å². The zero-order chi connectivity index (χ0) is 45.0. The number of anilines is 3. The molecule has 0 saturated carbocycles. The van der Waals surface area contributed by atoms with Gasteiger partial charge in [0.05, 0.1) is 0 Å². The molecule has 3 aliphatic rings. The highest BCUT2D eigenvalue weighted by Crippen LogP contribution is 2.53. The maximum atomic E-state index is 2.45. The maximum absolute atomic E-state index is 2.45. The molecule has 8 aromatic rings. The number of aryl methyl sites for hydroxylation is 2. The second-order valence-electron chi connectivity index (χ2n) is 20.4. The Labute approximate surface area is 386 Å². The SMILES string of the molecule is CC=Cc1ccc2c(c1)C(C)(C)c1cc(C=Cc3ccc4c(c3)C(C)(C)c3cc(N(c5ccc(-c6ccc7c(c6)C(C)(C)c6ccccc6-7)cc5)c5cc(C)cc(C)c5)ccc3-4)ccc1-2. The lowest BCUT2D eigenvalue weighted by atomic mass is 9.81. The largest absolute Gasteiger partial charge is 0.310 e. The number of rotatable bonds is 7. The molecule has 1 nitrogen and oxygen atoms in total. The van der Waals surface area contributed by atoms with Gasteiger partial charge in [0, 0.05) is 33.3 Å². The van der Waals surface area contributed by atoms with Crippen LogP contribution >= 0.6 is 0 Å². The van der Waals surface area contributed by atoms with Crippen LogP contribution < -0.4 is 4.90 Å². The summed E-state index contributed by atoms with van der Waals surface area (Å²) in [5.74, 6) is 0. The van der Waals surface area contributed by atoms with E-state index in [-0.39, 0.29) is 16.2 Å². The van der Waals surface area contributed by atoms with Gasteiger partial charge >= 0.3 is 0 Å². The molecule has 0 aliphatic heterocycles. The highest BCUT2D eigenvalue weighted by atomic mass is 15.1. The number of hydrogen-bond acceptors (Lipinski definition) is 1. The Balaban J connectivity index is 0.903. The Kier molecular flexibility index (Phi) is 9.28. The molecule has 65 heavy (non-hydrogen) atoms. The molecule has 0 fully saturated rings. The summed E-state index contributed by atoms with van der Waals surface area (Å²) in [4.78, 5) is 2.44. The summed E-state index contributed by atoms with van der Waals surface area (Å²) < 4.78 is 0. The lowest BCUT2D eigenvalue weighted by Crippen LogP contribution is -2.17. The van der Waals surface area contributed by atoms with Crippen molar-refractivity contribution in [3.8, 4) is 44.5 Å². The quantitative estimate of drug-likeness (QED) is 0.145. The van der Waals surface area contributed by atoms with Gasteiger partial charge in [0.15, 0.2) is 0 Å². The molecule has 0 saturated heterocycles. The van der Waals surface area contributed by atoms with E-state index in [9.17, 15) is 0 Å². The first-order valence-electron chi connectivity index (χ1n) is 23.4. The van der Waals surface area contributed by atoms with Crippen LogP contribution in [0.2, 0.25) is 0 Å². The molecule has 0 aromatic heterocycles. The molecule has 0 atom stereocenters. The van der Waals surface area contributed by atoms with Crippen LogP contribution in [0.1, 0.15) is 110 Å². The van der Waals surface area contributed by atoms with Gasteiger partial charge in [0.2, 0.25) is 0 Å². The van der Waals surface area contributed by atoms with Crippen molar-refractivity contribution in [3.63, 3.8) is 0 Å². The third-order valence-corrected chi connectivity index (χ3v) is 15.0. The van der Waals surface area contributed by atoms with Crippen molar-refractivity contribution >= 4 is 35.3 Å². The molecule has 0 bridgehead atoms. The number of benzene rings is 8. The van der Waals surface area contributed by atoms with Gasteiger partial charge in [-0.3, -0.25) is 0 Å². The van der Waals surface area contributed by atoms with Gasteiger partial charge < -0.3 is 4.90 Å². The second kappa shape index (κ2) is 14.8. The molecule has 8 aromatic carbocycles. The van der Waals surface area contributed by atoms with Crippen molar-refractivity contribution in [2.24, 2.45) is 0 Å². The summed E-state index contributed by atoms with van der Waals surface area (Å²) in [5.41, 5.74) is 28.3. The predicted molar refractivity (Wildman–Crippen MR) is 279 cm³/mol.